The maximum Gasteiger partial charge on any atom is 0.257 e. The first-order valence-electron chi connectivity index (χ1n) is 16.3. The fourth-order valence-corrected chi connectivity index (χ4v) is 5.83. The second kappa shape index (κ2) is 19.8. The van der Waals surface area contributed by atoms with Crippen LogP contribution in [-0.4, -0.2) is 35.1 Å². The van der Waals surface area contributed by atoms with Crippen LogP contribution in [0, 0.1) is 0 Å². The molecule has 4 rings (SSSR count). The SMILES string of the molecule is C/C(=N\NC(=O)CCCCCCC(=O)N/N=C(\C)c1cccc(NC(=O)c2ccc(Cl)cc2Cl)c1)c1cccc(NC(=O)c2ccc(Cl)cc2Cl)c1. The molecule has 0 aliphatic rings. The standard InChI is InChI=1S/C38H36Cl4N6O4/c1-23(25-9-7-11-29(19-25)43-37(51)31-17-15-27(39)21-33(31)41)45-47-35(49)13-5-3-4-6-14-36(50)48-46-24(2)26-10-8-12-30(20-26)44-38(52)32-18-16-28(40)22-34(32)42/h7-12,15-22H,3-6,13-14H2,1-2H3,(H,43,51)(H,44,52)(H,47,49)(H,48,50)/b45-23+,46-24+. The van der Waals surface area contributed by atoms with E-state index in [1.165, 1.54) is 12.1 Å². The van der Waals surface area contributed by atoms with Gasteiger partial charge < -0.3 is 10.6 Å². The van der Waals surface area contributed by atoms with Gasteiger partial charge in [-0.2, -0.15) is 10.2 Å². The fourth-order valence-electron chi connectivity index (χ4n) is 4.85. The summed E-state index contributed by atoms with van der Waals surface area (Å²) in [6.45, 7) is 3.51. The number of hydrazone groups is 2. The highest BCUT2D eigenvalue weighted by Crippen LogP contribution is 2.24. The van der Waals surface area contributed by atoms with E-state index >= 15 is 0 Å². The minimum atomic E-state index is -0.379. The fraction of sp³-hybridized carbons (Fsp3) is 0.211. The molecular weight excluding hydrogens is 746 g/mol. The number of hydrogen-bond acceptors (Lipinski definition) is 6. The molecule has 52 heavy (non-hydrogen) atoms. The lowest BCUT2D eigenvalue weighted by atomic mass is 10.1. The normalized spacial score (nSPS) is 11.5. The molecule has 0 atom stereocenters. The van der Waals surface area contributed by atoms with Gasteiger partial charge in [0.2, 0.25) is 11.8 Å². The minimum absolute atomic E-state index is 0.221. The van der Waals surface area contributed by atoms with Crippen molar-refractivity contribution in [3.63, 3.8) is 0 Å². The number of hydrogen-bond donors (Lipinski definition) is 4. The Morgan fingerprint density at radius 3 is 1.33 bits per heavy atom. The van der Waals surface area contributed by atoms with Crippen LogP contribution in [0.1, 0.15) is 84.2 Å². The van der Waals surface area contributed by atoms with Crippen molar-refractivity contribution in [3.05, 3.63) is 127 Å². The molecule has 0 unspecified atom stereocenters. The first-order valence-corrected chi connectivity index (χ1v) is 17.8. The number of anilines is 2. The Balaban J connectivity index is 1.13. The molecule has 4 aromatic carbocycles. The predicted octanol–water partition coefficient (Wildman–Crippen LogP) is 9.53. The summed E-state index contributed by atoms with van der Waals surface area (Å²) in [6.07, 6.45) is 3.40. The van der Waals surface area contributed by atoms with Crippen molar-refractivity contribution in [1.82, 2.24) is 10.9 Å². The Hall–Kier alpha value is -4.74. The lowest BCUT2D eigenvalue weighted by Gasteiger charge is -2.09. The molecule has 0 saturated heterocycles. The second-order valence-corrected chi connectivity index (χ2v) is 13.4. The molecule has 0 aromatic heterocycles. The van der Waals surface area contributed by atoms with E-state index in [-0.39, 0.29) is 46.5 Å². The van der Waals surface area contributed by atoms with Gasteiger partial charge in [-0.25, -0.2) is 10.9 Å². The van der Waals surface area contributed by atoms with Crippen LogP contribution in [0.2, 0.25) is 20.1 Å². The van der Waals surface area contributed by atoms with Crippen LogP contribution >= 0.6 is 46.4 Å². The number of nitrogens with zero attached hydrogens (tertiary/aromatic N) is 2. The van der Waals surface area contributed by atoms with Crippen molar-refractivity contribution in [3.8, 4) is 0 Å². The van der Waals surface area contributed by atoms with Crippen LogP contribution in [0.4, 0.5) is 11.4 Å². The molecule has 10 nitrogen and oxygen atoms in total. The van der Waals surface area contributed by atoms with E-state index in [1.807, 2.05) is 12.1 Å². The average Bonchev–Trinajstić information content (AvgIpc) is 3.11. The zero-order chi connectivity index (χ0) is 37.6. The third kappa shape index (κ3) is 12.5. The Bertz CT molecular complexity index is 1870. The molecule has 0 heterocycles. The number of rotatable bonds is 15. The van der Waals surface area contributed by atoms with E-state index in [2.05, 4.69) is 31.7 Å². The van der Waals surface area contributed by atoms with Crippen LogP contribution in [0.5, 0.6) is 0 Å². The zero-order valence-corrected chi connectivity index (χ0v) is 31.4. The molecule has 4 amide bonds. The zero-order valence-electron chi connectivity index (χ0n) is 28.4. The third-order valence-electron chi connectivity index (χ3n) is 7.68. The number of amides is 4. The van der Waals surface area contributed by atoms with Gasteiger partial charge in [0.15, 0.2) is 0 Å². The van der Waals surface area contributed by atoms with Crippen molar-refractivity contribution in [2.75, 3.05) is 10.6 Å². The van der Waals surface area contributed by atoms with Gasteiger partial charge in [0.05, 0.1) is 32.6 Å². The molecule has 0 spiro atoms. The molecular formula is C38H36Cl4N6O4. The molecule has 0 saturated carbocycles. The number of carbonyl (C=O) groups excluding carboxylic acids is 4. The van der Waals surface area contributed by atoms with E-state index in [4.69, 9.17) is 46.4 Å². The molecule has 4 aromatic rings. The number of nitrogens with one attached hydrogen (secondary N) is 4. The van der Waals surface area contributed by atoms with Gasteiger partial charge in [-0.05, 0) is 98.5 Å². The average molecular weight is 783 g/mol. The first kappa shape index (κ1) is 40.0. The topological polar surface area (TPSA) is 141 Å². The van der Waals surface area contributed by atoms with Gasteiger partial charge in [0, 0.05) is 34.3 Å². The molecule has 270 valence electrons. The van der Waals surface area contributed by atoms with Gasteiger partial charge in [-0.1, -0.05) is 83.5 Å². The number of halogens is 4. The number of benzene rings is 4. The van der Waals surface area contributed by atoms with Crippen LogP contribution in [0.25, 0.3) is 0 Å². The molecule has 0 aliphatic heterocycles. The number of carbonyl (C=O) groups is 4. The van der Waals surface area contributed by atoms with Crippen molar-refractivity contribution < 1.29 is 19.2 Å². The van der Waals surface area contributed by atoms with Gasteiger partial charge in [-0.15, -0.1) is 0 Å². The largest absolute Gasteiger partial charge is 0.322 e. The Labute approximate surface area is 322 Å². The highest BCUT2D eigenvalue weighted by atomic mass is 35.5. The highest BCUT2D eigenvalue weighted by Gasteiger charge is 2.13. The van der Waals surface area contributed by atoms with E-state index in [9.17, 15) is 19.2 Å². The first-order chi connectivity index (χ1) is 24.9. The van der Waals surface area contributed by atoms with Gasteiger partial charge in [0.1, 0.15) is 0 Å². The third-order valence-corrected chi connectivity index (χ3v) is 8.78. The monoisotopic (exact) mass is 780 g/mol. The second-order valence-electron chi connectivity index (χ2n) is 11.7. The van der Waals surface area contributed by atoms with Crippen molar-refractivity contribution in [1.29, 1.82) is 0 Å². The van der Waals surface area contributed by atoms with Gasteiger partial charge >= 0.3 is 0 Å². The summed E-state index contributed by atoms with van der Waals surface area (Å²) in [5, 5.41) is 15.4. The highest BCUT2D eigenvalue weighted by molar-refractivity contribution is 6.38. The van der Waals surface area contributed by atoms with Crippen molar-refractivity contribution >= 4 is 92.8 Å². The molecule has 14 heteroatoms. The van der Waals surface area contributed by atoms with Gasteiger partial charge in [-0.3, -0.25) is 19.2 Å². The number of unbranched alkanes of at least 4 members (excludes halogenated alkanes) is 3. The lowest BCUT2D eigenvalue weighted by Crippen LogP contribution is -2.19. The maximum atomic E-state index is 12.7. The van der Waals surface area contributed by atoms with E-state index < -0.39 is 0 Å². The summed E-state index contributed by atoms with van der Waals surface area (Å²) < 4.78 is 0. The van der Waals surface area contributed by atoms with Crippen LogP contribution in [0.3, 0.4) is 0 Å². The minimum Gasteiger partial charge on any atom is -0.322 e. The molecule has 0 bridgehead atoms. The maximum absolute atomic E-state index is 12.7. The Morgan fingerprint density at radius 1 is 0.538 bits per heavy atom. The van der Waals surface area contributed by atoms with Crippen LogP contribution in [0.15, 0.2) is 95.1 Å². The van der Waals surface area contributed by atoms with Crippen molar-refractivity contribution in [2.24, 2.45) is 10.2 Å². The lowest BCUT2D eigenvalue weighted by molar-refractivity contribution is -0.122. The summed E-state index contributed by atoms with van der Waals surface area (Å²) in [6, 6.07) is 23.4. The van der Waals surface area contributed by atoms with Crippen LogP contribution < -0.4 is 21.5 Å². The van der Waals surface area contributed by atoms with E-state index in [0.29, 0.717) is 56.8 Å². The Kier molecular flexibility index (Phi) is 15.2. The summed E-state index contributed by atoms with van der Waals surface area (Å²) in [7, 11) is 0. The Morgan fingerprint density at radius 2 is 0.942 bits per heavy atom. The molecule has 0 fully saturated rings. The summed E-state index contributed by atoms with van der Waals surface area (Å²) in [5.41, 5.74) is 9.40. The molecule has 0 radical (unpaired) electrons. The van der Waals surface area contributed by atoms with E-state index in [1.54, 1.807) is 74.5 Å². The summed E-state index contributed by atoms with van der Waals surface area (Å²) in [4.78, 5) is 50.1. The van der Waals surface area contributed by atoms with Crippen LogP contribution in [-0.2, 0) is 9.59 Å². The van der Waals surface area contributed by atoms with Crippen molar-refractivity contribution in [2.45, 2.75) is 52.4 Å². The predicted molar refractivity (Wildman–Crippen MR) is 210 cm³/mol. The summed E-state index contributed by atoms with van der Waals surface area (Å²) in [5.74, 6) is -1.20. The smallest absolute Gasteiger partial charge is 0.257 e. The summed E-state index contributed by atoms with van der Waals surface area (Å²) >= 11 is 24.1. The quantitative estimate of drug-likeness (QED) is 0.0542. The van der Waals surface area contributed by atoms with E-state index in [0.717, 1.165) is 24.0 Å². The molecule has 0 aliphatic carbocycles. The molecule has 4 N–H and O–H groups in total. The van der Waals surface area contributed by atoms with Gasteiger partial charge in [0.25, 0.3) is 11.8 Å².